The van der Waals surface area contributed by atoms with Crippen LogP contribution in [0.2, 0.25) is 5.02 Å². The maximum absolute atomic E-state index is 12.5. The van der Waals surface area contributed by atoms with Crippen molar-refractivity contribution in [3.05, 3.63) is 64.2 Å². The molecule has 2 aromatic rings. The second kappa shape index (κ2) is 8.41. The summed E-state index contributed by atoms with van der Waals surface area (Å²) in [5.74, 6) is -1.96. The van der Waals surface area contributed by atoms with Gasteiger partial charge in [0, 0.05) is 17.3 Å². The molecule has 0 aliphatic heterocycles. The predicted molar refractivity (Wildman–Crippen MR) is 94.2 cm³/mol. The zero-order chi connectivity index (χ0) is 20.2. The summed E-state index contributed by atoms with van der Waals surface area (Å²) >= 11 is 5.93. The van der Waals surface area contributed by atoms with Crippen molar-refractivity contribution in [2.24, 2.45) is 0 Å². The Morgan fingerprint density at radius 3 is 2.33 bits per heavy atom. The Morgan fingerprint density at radius 2 is 1.74 bits per heavy atom. The van der Waals surface area contributed by atoms with E-state index in [1.165, 1.54) is 0 Å². The molecular weight excluding hydrogens is 385 g/mol. The number of alkyl halides is 3. The van der Waals surface area contributed by atoms with Gasteiger partial charge in [-0.1, -0.05) is 29.8 Å². The number of carbonyl (C=O) groups excluding carboxylic acids is 2. The van der Waals surface area contributed by atoms with Gasteiger partial charge in [-0.05, 0) is 42.3 Å². The smallest absolute Gasteiger partial charge is 0.387 e. The number of amides is 2. The van der Waals surface area contributed by atoms with Crippen LogP contribution in [-0.4, -0.2) is 23.5 Å². The molecule has 3 N–H and O–H groups in total. The summed E-state index contributed by atoms with van der Waals surface area (Å²) in [4.78, 5) is 23.8. The quantitative estimate of drug-likeness (QED) is 0.688. The average Bonchev–Trinajstić information content (AvgIpc) is 2.62. The Kier molecular flexibility index (Phi) is 6.45. The zero-order valence-corrected chi connectivity index (χ0v) is 14.9. The number of carbonyl (C=O) groups is 2. The number of anilines is 1. The van der Waals surface area contributed by atoms with Gasteiger partial charge in [0.1, 0.15) is 0 Å². The third-order valence-corrected chi connectivity index (χ3v) is 4.21. The van der Waals surface area contributed by atoms with Crippen LogP contribution in [-0.2, 0) is 15.8 Å². The van der Waals surface area contributed by atoms with Crippen molar-refractivity contribution in [1.82, 2.24) is 5.32 Å². The second-order valence-electron chi connectivity index (χ2n) is 5.71. The fourth-order valence-corrected chi connectivity index (χ4v) is 2.38. The third kappa shape index (κ3) is 5.45. The fourth-order valence-electron chi connectivity index (χ4n) is 2.20. The first-order valence-corrected chi connectivity index (χ1v) is 8.17. The van der Waals surface area contributed by atoms with Gasteiger partial charge in [0.2, 0.25) is 0 Å². The Labute approximate surface area is 158 Å². The third-order valence-electron chi connectivity index (χ3n) is 3.80. The van der Waals surface area contributed by atoms with Crippen LogP contribution in [0.5, 0.6) is 0 Å². The predicted octanol–water partition coefficient (Wildman–Crippen LogP) is 3.46. The van der Waals surface area contributed by atoms with E-state index >= 15 is 0 Å². The minimum Gasteiger partial charge on any atom is -0.387 e. The molecule has 0 saturated heterocycles. The van der Waals surface area contributed by atoms with Crippen LogP contribution in [0.3, 0.4) is 0 Å². The van der Waals surface area contributed by atoms with Gasteiger partial charge in [-0.25, -0.2) is 0 Å². The van der Waals surface area contributed by atoms with Crippen LogP contribution >= 0.6 is 11.6 Å². The first-order chi connectivity index (χ1) is 12.6. The lowest BCUT2D eigenvalue weighted by Gasteiger charge is -2.14. The minimum atomic E-state index is -4.48. The van der Waals surface area contributed by atoms with Gasteiger partial charge in [0.25, 0.3) is 0 Å². The highest BCUT2D eigenvalue weighted by atomic mass is 35.5. The van der Waals surface area contributed by atoms with E-state index in [1.807, 2.05) is 0 Å². The molecule has 0 aliphatic rings. The first kappa shape index (κ1) is 20.7. The summed E-state index contributed by atoms with van der Waals surface area (Å²) in [6.45, 7) is 1.33. The molecule has 0 saturated carbocycles. The van der Waals surface area contributed by atoms with Crippen LogP contribution in [0, 0.1) is 6.92 Å². The van der Waals surface area contributed by atoms with E-state index in [0.717, 1.165) is 24.3 Å². The van der Waals surface area contributed by atoms with Crippen molar-refractivity contribution in [1.29, 1.82) is 0 Å². The summed E-state index contributed by atoms with van der Waals surface area (Å²) in [7, 11) is 0. The first-order valence-electron chi connectivity index (χ1n) is 7.79. The van der Waals surface area contributed by atoms with Gasteiger partial charge in [-0.15, -0.1) is 0 Å². The van der Waals surface area contributed by atoms with Crippen LogP contribution in [0.4, 0.5) is 18.9 Å². The lowest BCUT2D eigenvalue weighted by Crippen LogP contribution is -2.37. The number of nitrogens with one attached hydrogen (secondary N) is 2. The fraction of sp³-hybridized carbons (Fsp3) is 0.222. The molecule has 0 aliphatic carbocycles. The molecule has 2 amide bonds. The summed E-state index contributed by atoms with van der Waals surface area (Å²) in [6, 6.07) is 8.68. The molecule has 1 unspecified atom stereocenters. The highest BCUT2D eigenvalue weighted by Crippen LogP contribution is 2.29. The zero-order valence-electron chi connectivity index (χ0n) is 14.1. The highest BCUT2D eigenvalue weighted by Gasteiger charge is 2.30. The van der Waals surface area contributed by atoms with Gasteiger partial charge in [-0.2, -0.15) is 13.2 Å². The molecule has 27 heavy (non-hydrogen) atoms. The van der Waals surface area contributed by atoms with Crippen LogP contribution in [0.15, 0.2) is 42.5 Å². The number of benzene rings is 2. The number of rotatable bonds is 4. The molecule has 9 heteroatoms. The Balaban J connectivity index is 1.92. The van der Waals surface area contributed by atoms with Crippen LogP contribution < -0.4 is 10.6 Å². The molecule has 0 bridgehead atoms. The molecule has 0 radical (unpaired) electrons. The summed E-state index contributed by atoms with van der Waals surface area (Å²) < 4.78 is 37.6. The van der Waals surface area contributed by atoms with E-state index in [-0.39, 0.29) is 12.1 Å². The normalized spacial score (nSPS) is 12.4. The van der Waals surface area contributed by atoms with Crippen molar-refractivity contribution in [3.63, 3.8) is 0 Å². The molecule has 1 atom stereocenters. The van der Waals surface area contributed by atoms with Gasteiger partial charge < -0.3 is 15.7 Å². The van der Waals surface area contributed by atoms with Crippen molar-refractivity contribution in [2.75, 3.05) is 11.9 Å². The maximum Gasteiger partial charge on any atom is 0.416 e. The molecule has 0 spiro atoms. The van der Waals surface area contributed by atoms with Gasteiger partial charge in [-0.3, -0.25) is 9.59 Å². The van der Waals surface area contributed by atoms with Gasteiger partial charge in [0.05, 0.1) is 11.7 Å². The molecule has 0 fully saturated rings. The number of halogens is 4. The van der Waals surface area contributed by atoms with Crippen LogP contribution in [0.25, 0.3) is 0 Å². The van der Waals surface area contributed by atoms with Gasteiger partial charge in [0.15, 0.2) is 0 Å². The molecule has 2 rings (SSSR count). The molecule has 144 valence electrons. The van der Waals surface area contributed by atoms with E-state index in [1.54, 1.807) is 25.1 Å². The lowest BCUT2D eigenvalue weighted by atomic mass is 10.1. The molecule has 0 aromatic heterocycles. The van der Waals surface area contributed by atoms with E-state index in [4.69, 9.17) is 11.6 Å². The van der Waals surface area contributed by atoms with Crippen LogP contribution in [0.1, 0.15) is 22.8 Å². The SMILES string of the molecule is Cc1c(Cl)cccc1NC(=O)C(=O)NCC(O)c1ccc(C(F)(F)F)cc1. The molecular formula is C18H16ClF3N2O3. The molecule has 5 nitrogen and oxygen atoms in total. The lowest BCUT2D eigenvalue weighted by molar-refractivity contribution is -0.137. The van der Waals surface area contributed by atoms with E-state index < -0.39 is 29.7 Å². The standard InChI is InChI=1S/C18H16ClF3N2O3/c1-10-13(19)3-2-4-14(10)24-17(27)16(26)23-9-15(25)11-5-7-12(8-6-11)18(20,21)22/h2-8,15,25H,9H2,1H3,(H,23,26)(H,24,27). The number of hydrogen-bond acceptors (Lipinski definition) is 3. The minimum absolute atomic E-state index is 0.175. The van der Waals surface area contributed by atoms with E-state index in [2.05, 4.69) is 10.6 Å². The average molecular weight is 401 g/mol. The summed E-state index contributed by atoms with van der Waals surface area (Å²) in [5.41, 5.74) is 0.282. The van der Waals surface area contributed by atoms with Gasteiger partial charge >= 0.3 is 18.0 Å². The number of hydrogen-bond donors (Lipinski definition) is 3. The summed E-state index contributed by atoms with van der Waals surface area (Å²) in [5, 5.41) is 15.0. The van der Waals surface area contributed by atoms with E-state index in [0.29, 0.717) is 16.3 Å². The Bertz CT molecular complexity index is 839. The number of aliphatic hydroxyl groups is 1. The molecule has 2 aromatic carbocycles. The Hall–Kier alpha value is -2.58. The number of aliphatic hydroxyl groups excluding tert-OH is 1. The maximum atomic E-state index is 12.5. The largest absolute Gasteiger partial charge is 0.416 e. The summed E-state index contributed by atoms with van der Waals surface area (Å²) in [6.07, 6.45) is -5.74. The highest BCUT2D eigenvalue weighted by molar-refractivity contribution is 6.40. The molecule has 0 heterocycles. The van der Waals surface area contributed by atoms with Crippen molar-refractivity contribution < 1.29 is 27.9 Å². The Morgan fingerprint density at radius 1 is 1.11 bits per heavy atom. The van der Waals surface area contributed by atoms with Crippen molar-refractivity contribution in [2.45, 2.75) is 19.2 Å². The topological polar surface area (TPSA) is 78.4 Å². The van der Waals surface area contributed by atoms with Crippen molar-refractivity contribution in [3.8, 4) is 0 Å². The second-order valence-corrected chi connectivity index (χ2v) is 6.12. The van der Waals surface area contributed by atoms with E-state index in [9.17, 15) is 27.9 Å². The monoisotopic (exact) mass is 400 g/mol. The van der Waals surface area contributed by atoms with Crippen molar-refractivity contribution >= 4 is 29.1 Å².